The molecule has 3 saturated heterocycles. The number of benzene rings is 1. The maximum atomic E-state index is 14.3. The molecule has 5 rings (SSSR count). The fourth-order valence-corrected chi connectivity index (χ4v) is 10.5. The van der Waals surface area contributed by atoms with Crippen LogP contribution in [0.15, 0.2) is 35.9 Å². The number of alkyl carbamates (subject to hydrolysis) is 1. The SMILES string of the molecule is COc1cc2cc(c1Cl)N(C)C(=O)CC(OC(=O)C(C)N(C)C(=O)CCSSC(C)CCC(=O)ON1C(=O)CCC1=O)C1(C)OC1C(C)C1CC(O)(NC(=O)O1)C(OC)/C=C/C=C(\C)C2. The number of esters is 1. The highest BCUT2D eigenvalue weighted by Crippen LogP contribution is 2.49. The molecular weight excluding hydrogens is 908 g/mol. The van der Waals surface area contributed by atoms with Gasteiger partial charge in [0.1, 0.15) is 40.7 Å². The number of fused-ring (bicyclic) bond motifs is 5. The van der Waals surface area contributed by atoms with Gasteiger partial charge in [-0.3, -0.25) is 24.5 Å². The number of epoxide rings is 1. The predicted octanol–water partition coefficient (Wildman–Crippen LogP) is 5.06. The summed E-state index contributed by atoms with van der Waals surface area (Å²) in [6.07, 6.45) is 1.05. The van der Waals surface area contributed by atoms with Crippen LogP contribution in [0.4, 0.5) is 10.5 Å². The molecule has 4 bridgehead atoms. The van der Waals surface area contributed by atoms with E-state index in [0.29, 0.717) is 35.1 Å². The number of likely N-dealkylation sites (N-methyl/N-ethyl adjacent to an activating group) is 1. The minimum Gasteiger partial charge on any atom is -0.495 e. The molecule has 1 aromatic rings. The monoisotopic (exact) mass is 966 g/mol. The molecule has 0 spiro atoms. The third-order valence-electron chi connectivity index (χ3n) is 12.1. The maximum absolute atomic E-state index is 14.3. The summed E-state index contributed by atoms with van der Waals surface area (Å²) in [7, 11) is 8.79. The van der Waals surface area contributed by atoms with E-state index in [2.05, 4.69) is 5.32 Å². The second-order valence-corrected chi connectivity index (χ2v) is 20.3. The van der Waals surface area contributed by atoms with Crippen LogP contribution in [-0.4, -0.2) is 138 Å². The third-order valence-corrected chi connectivity index (χ3v) is 15.5. The van der Waals surface area contributed by atoms with Crippen molar-refractivity contribution in [2.24, 2.45) is 5.92 Å². The first kappa shape index (κ1) is 51.6. The van der Waals surface area contributed by atoms with Gasteiger partial charge in [-0.05, 0) is 51.3 Å². The molecule has 4 aliphatic heterocycles. The number of aliphatic hydroxyl groups is 1. The molecule has 5 amide bonds. The van der Waals surface area contributed by atoms with Crippen molar-refractivity contribution in [2.45, 2.75) is 133 Å². The highest BCUT2D eigenvalue weighted by atomic mass is 35.5. The summed E-state index contributed by atoms with van der Waals surface area (Å²) in [5.74, 6) is -3.22. The lowest BCUT2D eigenvalue weighted by Crippen LogP contribution is -2.63. The first-order valence-electron chi connectivity index (χ1n) is 21.3. The number of allylic oxidation sites excluding steroid dienone is 3. The number of carbonyl (C=O) groups is 7. The fraction of sp³-hybridized carbons (Fsp3) is 0.614. The molecule has 18 nitrogen and oxygen atoms in total. The highest BCUT2D eigenvalue weighted by Gasteiger charge is 2.64. The van der Waals surface area contributed by atoms with Gasteiger partial charge in [-0.15, -0.1) is 5.06 Å². The van der Waals surface area contributed by atoms with Gasteiger partial charge in [0.05, 0.1) is 25.3 Å². The van der Waals surface area contributed by atoms with Gasteiger partial charge in [-0.25, -0.2) is 14.4 Å². The first-order valence-corrected chi connectivity index (χ1v) is 24.1. The zero-order chi connectivity index (χ0) is 48.0. The number of hydroxylamine groups is 2. The molecule has 0 aliphatic carbocycles. The van der Waals surface area contributed by atoms with Crippen molar-refractivity contribution < 1.29 is 67.2 Å². The minimum absolute atomic E-state index is 0.00554. The average molecular weight is 968 g/mol. The van der Waals surface area contributed by atoms with Gasteiger partial charge in [0.2, 0.25) is 11.8 Å². The fourth-order valence-electron chi connectivity index (χ4n) is 7.86. The maximum Gasteiger partial charge on any atom is 0.409 e. The van der Waals surface area contributed by atoms with E-state index in [0.717, 1.165) is 11.1 Å². The number of carbonyl (C=O) groups excluding carboxylic acids is 7. The molecule has 65 heavy (non-hydrogen) atoms. The number of halogens is 1. The van der Waals surface area contributed by atoms with Crippen LogP contribution in [0.3, 0.4) is 0 Å². The lowest BCUT2D eigenvalue weighted by molar-refractivity contribution is -0.197. The van der Waals surface area contributed by atoms with Gasteiger partial charge in [-0.2, -0.15) is 0 Å². The summed E-state index contributed by atoms with van der Waals surface area (Å²) < 4.78 is 29.3. The van der Waals surface area contributed by atoms with Gasteiger partial charge in [0, 0.05) is 70.2 Å². The molecule has 21 heteroatoms. The number of imide groups is 1. The molecular formula is C44H59ClN4O14S2. The zero-order valence-corrected chi connectivity index (χ0v) is 40.5. The van der Waals surface area contributed by atoms with Crippen LogP contribution in [0.25, 0.3) is 0 Å². The van der Waals surface area contributed by atoms with E-state index < -0.39 is 83.5 Å². The molecule has 4 heterocycles. The van der Waals surface area contributed by atoms with Crippen LogP contribution in [0.1, 0.15) is 85.1 Å². The van der Waals surface area contributed by atoms with Crippen LogP contribution < -0.4 is 15.0 Å². The van der Waals surface area contributed by atoms with Crippen molar-refractivity contribution in [3.05, 3.63) is 46.5 Å². The Balaban J connectivity index is 1.29. The van der Waals surface area contributed by atoms with E-state index in [-0.39, 0.29) is 54.7 Å². The first-order chi connectivity index (χ1) is 30.6. The number of anilines is 1. The Bertz CT molecular complexity index is 2060. The Labute approximate surface area is 391 Å². The quantitative estimate of drug-likeness (QED) is 0.0818. The number of hydrogen-bond acceptors (Lipinski definition) is 16. The summed E-state index contributed by atoms with van der Waals surface area (Å²) in [6.45, 7) is 8.79. The number of nitrogens with one attached hydrogen (secondary N) is 1. The van der Waals surface area contributed by atoms with Gasteiger partial charge in [0.15, 0.2) is 5.72 Å². The van der Waals surface area contributed by atoms with Crippen LogP contribution in [-0.2, 0) is 59.0 Å². The van der Waals surface area contributed by atoms with Crippen LogP contribution in [0.5, 0.6) is 5.75 Å². The van der Waals surface area contributed by atoms with Crippen molar-refractivity contribution in [1.82, 2.24) is 15.3 Å². The van der Waals surface area contributed by atoms with Crippen molar-refractivity contribution in [1.29, 1.82) is 0 Å². The van der Waals surface area contributed by atoms with Crippen LogP contribution in [0.2, 0.25) is 5.02 Å². The van der Waals surface area contributed by atoms with E-state index in [1.165, 1.54) is 59.6 Å². The molecule has 1 aromatic carbocycles. The van der Waals surface area contributed by atoms with Crippen molar-refractivity contribution in [2.75, 3.05) is 39.0 Å². The van der Waals surface area contributed by atoms with Crippen LogP contribution in [0, 0.1) is 5.92 Å². The standard InChI is InChI=1S/C44H59ClN4O14S2/c1-24-11-10-12-32(59-9)44(57)23-31(60-42(56)46-44)26(3)40-43(5,62-40)33(22-37(53)48(7)29-20-28(19-24)21-30(58-8)39(29)45)61-41(55)27(4)47(6)34(50)17-18-64-65-25(2)13-16-38(54)63-49-35(51)14-15-36(49)52/h10-12,20-21,25-27,31-33,40,57H,13-19,22-23H2,1-9H3,(H,46,56)/b12-10+,24-11+. The molecule has 3 fully saturated rings. The normalized spacial score (nSPS) is 29.3. The second kappa shape index (κ2) is 22.0. The number of ether oxygens (including phenoxy) is 5. The minimum atomic E-state index is -1.86. The number of amides is 5. The number of methoxy groups -OCH3 is 2. The lowest BCUT2D eigenvalue weighted by Gasteiger charge is -2.42. The van der Waals surface area contributed by atoms with E-state index in [1.54, 1.807) is 45.2 Å². The smallest absolute Gasteiger partial charge is 0.409 e. The van der Waals surface area contributed by atoms with Gasteiger partial charge in [-0.1, -0.05) is 70.8 Å². The molecule has 358 valence electrons. The van der Waals surface area contributed by atoms with Gasteiger partial charge >= 0.3 is 18.0 Å². The van der Waals surface area contributed by atoms with E-state index in [1.807, 2.05) is 19.9 Å². The second-order valence-electron chi connectivity index (χ2n) is 17.0. The lowest BCUT2D eigenvalue weighted by atomic mass is 9.83. The molecule has 4 aliphatic rings. The Morgan fingerprint density at radius 2 is 1.78 bits per heavy atom. The largest absolute Gasteiger partial charge is 0.495 e. The molecule has 9 unspecified atom stereocenters. The number of rotatable bonds is 14. The number of nitrogens with zero attached hydrogens (tertiary/aromatic N) is 3. The van der Waals surface area contributed by atoms with Gasteiger partial charge < -0.3 is 43.4 Å². The van der Waals surface area contributed by atoms with Gasteiger partial charge in [0.25, 0.3) is 11.8 Å². The Hall–Kier alpha value is -4.34. The Kier molecular flexibility index (Phi) is 17.5. The van der Waals surface area contributed by atoms with Crippen molar-refractivity contribution in [3.63, 3.8) is 0 Å². The topological polar surface area (TPSA) is 220 Å². The van der Waals surface area contributed by atoms with E-state index in [9.17, 15) is 38.7 Å². The van der Waals surface area contributed by atoms with E-state index >= 15 is 0 Å². The molecule has 0 radical (unpaired) electrons. The Morgan fingerprint density at radius 3 is 2.45 bits per heavy atom. The molecule has 2 N–H and O–H groups in total. The van der Waals surface area contributed by atoms with Crippen molar-refractivity contribution >= 4 is 80.5 Å². The summed E-state index contributed by atoms with van der Waals surface area (Å²) >= 11 is 6.79. The Morgan fingerprint density at radius 1 is 1.09 bits per heavy atom. The summed E-state index contributed by atoms with van der Waals surface area (Å²) in [5.41, 5.74) is -1.10. The number of hydrogen-bond donors (Lipinski definition) is 2. The molecule has 0 aromatic heterocycles. The zero-order valence-electron chi connectivity index (χ0n) is 38.1. The highest BCUT2D eigenvalue weighted by molar-refractivity contribution is 8.76. The van der Waals surface area contributed by atoms with Crippen LogP contribution >= 0.6 is 33.2 Å². The average Bonchev–Trinajstić information content (AvgIpc) is 3.87. The third kappa shape index (κ3) is 12.6. The summed E-state index contributed by atoms with van der Waals surface area (Å²) in [4.78, 5) is 97.7. The van der Waals surface area contributed by atoms with Crippen molar-refractivity contribution in [3.8, 4) is 5.75 Å². The summed E-state index contributed by atoms with van der Waals surface area (Å²) in [5, 5.41) is 15.0. The molecule has 9 atom stereocenters. The predicted molar refractivity (Wildman–Crippen MR) is 241 cm³/mol. The summed E-state index contributed by atoms with van der Waals surface area (Å²) in [6, 6.07) is 2.47. The molecule has 0 saturated carbocycles. The van der Waals surface area contributed by atoms with E-state index in [4.69, 9.17) is 40.1 Å².